The summed E-state index contributed by atoms with van der Waals surface area (Å²) in [5.74, 6) is -0.650. The largest absolute Gasteiger partial charge is 0.481 e. The van der Waals surface area contributed by atoms with Crippen molar-refractivity contribution in [3.63, 3.8) is 0 Å². The minimum atomic E-state index is -0.779. The van der Waals surface area contributed by atoms with Gasteiger partial charge in [-0.05, 0) is 25.8 Å². The second-order valence-electron chi connectivity index (χ2n) is 5.93. The van der Waals surface area contributed by atoms with Gasteiger partial charge < -0.3 is 20.2 Å². The summed E-state index contributed by atoms with van der Waals surface area (Å²) < 4.78 is 0. The zero-order chi connectivity index (χ0) is 14.5. The summed E-state index contributed by atoms with van der Waals surface area (Å²) in [4.78, 5) is 26.7. The fourth-order valence-corrected chi connectivity index (χ4v) is 2.99. The molecule has 0 bridgehead atoms. The molecule has 0 saturated carbocycles. The first-order valence-corrected chi connectivity index (χ1v) is 7.58. The number of nitrogens with zero attached hydrogens (tertiary/aromatic N) is 2. The molecule has 0 radical (unpaired) electrons. The molecule has 20 heavy (non-hydrogen) atoms. The van der Waals surface area contributed by atoms with Crippen LogP contribution < -0.4 is 5.32 Å². The summed E-state index contributed by atoms with van der Waals surface area (Å²) >= 11 is 0. The number of carbonyl (C=O) groups is 2. The van der Waals surface area contributed by atoms with Crippen LogP contribution in [0.3, 0.4) is 0 Å². The van der Waals surface area contributed by atoms with E-state index < -0.39 is 5.97 Å². The van der Waals surface area contributed by atoms with E-state index in [9.17, 15) is 9.59 Å². The minimum Gasteiger partial charge on any atom is -0.481 e. The molecule has 2 aliphatic heterocycles. The number of nitrogens with one attached hydrogen (secondary N) is 1. The third-order valence-electron chi connectivity index (χ3n) is 4.16. The van der Waals surface area contributed by atoms with Gasteiger partial charge in [0, 0.05) is 38.1 Å². The molecule has 0 aromatic carbocycles. The van der Waals surface area contributed by atoms with E-state index >= 15 is 0 Å². The summed E-state index contributed by atoms with van der Waals surface area (Å²) in [6, 6.07) is 0.245. The molecule has 0 atom stereocenters. The Balaban J connectivity index is 1.63. The van der Waals surface area contributed by atoms with Crippen molar-refractivity contribution in [2.75, 3.05) is 32.7 Å². The van der Waals surface area contributed by atoms with Crippen molar-refractivity contribution < 1.29 is 14.7 Å². The van der Waals surface area contributed by atoms with E-state index in [1.807, 2.05) is 0 Å². The van der Waals surface area contributed by atoms with E-state index in [1.165, 1.54) is 6.42 Å². The zero-order valence-corrected chi connectivity index (χ0v) is 12.2. The molecular weight excluding hydrogens is 258 g/mol. The molecule has 6 nitrogen and oxygen atoms in total. The van der Waals surface area contributed by atoms with Gasteiger partial charge in [0.25, 0.3) is 0 Å². The van der Waals surface area contributed by atoms with E-state index in [-0.39, 0.29) is 24.4 Å². The molecule has 2 N–H and O–H groups in total. The van der Waals surface area contributed by atoms with Gasteiger partial charge in [0.05, 0.1) is 6.42 Å². The number of likely N-dealkylation sites (tertiary alicyclic amines) is 2. The first-order valence-electron chi connectivity index (χ1n) is 7.58. The molecule has 2 aliphatic rings. The maximum atomic E-state index is 12.0. The van der Waals surface area contributed by atoms with Crippen molar-refractivity contribution in [1.29, 1.82) is 0 Å². The Labute approximate surface area is 120 Å². The highest BCUT2D eigenvalue weighted by molar-refractivity contribution is 5.76. The van der Waals surface area contributed by atoms with Crippen LogP contribution >= 0.6 is 0 Å². The summed E-state index contributed by atoms with van der Waals surface area (Å²) in [5.41, 5.74) is 0. The van der Waals surface area contributed by atoms with Gasteiger partial charge in [-0.2, -0.15) is 0 Å². The van der Waals surface area contributed by atoms with E-state index in [0.29, 0.717) is 13.1 Å². The lowest BCUT2D eigenvalue weighted by Crippen LogP contribution is -2.57. The van der Waals surface area contributed by atoms with Crippen molar-refractivity contribution in [2.45, 2.75) is 38.6 Å². The van der Waals surface area contributed by atoms with Crippen molar-refractivity contribution in [2.24, 2.45) is 5.92 Å². The highest BCUT2D eigenvalue weighted by atomic mass is 16.4. The number of rotatable bonds is 5. The summed E-state index contributed by atoms with van der Waals surface area (Å²) in [6.07, 6.45) is 3.37. The zero-order valence-electron chi connectivity index (χ0n) is 12.2. The molecule has 114 valence electrons. The van der Waals surface area contributed by atoms with Crippen molar-refractivity contribution >= 4 is 12.0 Å². The molecule has 2 rings (SSSR count). The Kier molecular flexibility index (Phi) is 5.23. The highest BCUT2D eigenvalue weighted by Crippen LogP contribution is 2.19. The molecule has 0 aromatic rings. The van der Waals surface area contributed by atoms with Gasteiger partial charge in [-0.3, -0.25) is 4.79 Å². The number of urea groups is 1. The van der Waals surface area contributed by atoms with Gasteiger partial charge in [-0.1, -0.05) is 6.92 Å². The quantitative estimate of drug-likeness (QED) is 0.789. The van der Waals surface area contributed by atoms with Crippen LogP contribution in [0.2, 0.25) is 0 Å². The fraction of sp³-hybridized carbons (Fsp3) is 0.857. The van der Waals surface area contributed by atoms with Crippen LogP contribution in [0.25, 0.3) is 0 Å². The van der Waals surface area contributed by atoms with Crippen LogP contribution in [0.4, 0.5) is 4.79 Å². The Hall–Kier alpha value is -1.30. The molecule has 0 spiro atoms. The van der Waals surface area contributed by atoms with Crippen molar-refractivity contribution in [3.8, 4) is 0 Å². The van der Waals surface area contributed by atoms with E-state index in [4.69, 9.17) is 5.11 Å². The van der Waals surface area contributed by atoms with Crippen molar-refractivity contribution in [3.05, 3.63) is 0 Å². The monoisotopic (exact) mass is 283 g/mol. The molecule has 2 saturated heterocycles. The van der Waals surface area contributed by atoms with E-state index in [0.717, 1.165) is 32.5 Å². The lowest BCUT2D eigenvalue weighted by atomic mass is 9.97. The average Bonchev–Trinajstić information content (AvgIpc) is 2.35. The Morgan fingerprint density at radius 2 is 1.90 bits per heavy atom. The molecule has 2 fully saturated rings. The van der Waals surface area contributed by atoms with E-state index in [2.05, 4.69) is 17.1 Å². The molecule has 6 heteroatoms. The average molecular weight is 283 g/mol. The Morgan fingerprint density at radius 1 is 1.25 bits per heavy atom. The van der Waals surface area contributed by atoms with Gasteiger partial charge in [-0.15, -0.1) is 0 Å². The number of piperidine rings is 1. The van der Waals surface area contributed by atoms with Gasteiger partial charge in [0.2, 0.25) is 0 Å². The standard InChI is InChI=1S/C14H25N3O3/c1-2-5-16-6-3-12(4-7-16)15-14(20)17-9-11(10-17)8-13(18)19/h11-12H,2-10H2,1H3,(H,15,20)(H,18,19). The van der Waals surface area contributed by atoms with Crippen LogP contribution in [0.5, 0.6) is 0 Å². The highest BCUT2D eigenvalue weighted by Gasteiger charge is 2.33. The number of hydrogen-bond acceptors (Lipinski definition) is 3. The molecule has 2 amide bonds. The first kappa shape index (κ1) is 15.1. The first-order chi connectivity index (χ1) is 9.58. The number of hydrogen-bond donors (Lipinski definition) is 2. The van der Waals surface area contributed by atoms with Crippen LogP contribution in [-0.4, -0.2) is 65.7 Å². The summed E-state index contributed by atoms with van der Waals surface area (Å²) in [5, 5.41) is 11.7. The van der Waals surface area contributed by atoms with Crippen LogP contribution in [0, 0.1) is 5.92 Å². The fourth-order valence-electron chi connectivity index (χ4n) is 2.99. The van der Waals surface area contributed by atoms with E-state index in [1.54, 1.807) is 4.90 Å². The molecular formula is C14H25N3O3. The minimum absolute atomic E-state index is 0.0272. The van der Waals surface area contributed by atoms with Crippen LogP contribution in [0.1, 0.15) is 32.6 Å². The summed E-state index contributed by atoms with van der Waals surface area (Å²) in [7, 11) is 0. The topological polar surface area (TPSA) is 72.9 Å². The molecule has 0 aromatic heterocycles. The number of aliphatic carboxylic acids is 1. The van der Waals surface area contributed by atoms with Gasteiger partial charge >= 0.3 is 12.0 Å². The third kappa shape index (κ3) is 4.10. The summed E-state index contributed by atoms with van der Waals surface area (Å²) in [6.45, 7) is 6.59. The number of carboxylic acids is 1. The normalized spacial score (nSPS) is 21.6. The lowest BCUT2D eigenvalue weighted by molar-refractivity contribution is -0.139. The molecule has 2 heterocycles. The predicted molar refractivity (Wildman–Crippen MR) is 75.6 cm³/mol. The maximum Gasteiger partial charge on any atom is 0.317 e. The number of carbonyl (C=O) groups excluding carboxylic acids is 1. The molecule has 0 aliphatic carbocycles. The van der Waals surface area contributed by atoms with Gasteiger partial charge in [-0.25, -0.2) is 4.79 Å². The van der Waals surface area contributed by atoms with Crippen molar-refractivity contribution in [1.82, 2.24) is 15.1 Å². The van der Waals surface area contributed by atoms with Crippen LogP contribution in [-0.2, 0) is 4.79 Å². The van der Waals surface area contributed by atoms with Gasteiger partial charge in [0.15, 0.2) is 0 Å². The lowest BCUT2D eigenvalue weighted by Gasteiger charge is -2.40. The number of carboxylic acid groups (broad SMARTS) is 1. The van der Waals surface area contributed by atoms with Crippen LogP contribution in [0.15, 0.2) is 0 Å². The SMILES string of the molecule is CCCN1CCC(NC(=O)N2CC(CC(=O)O)C2)CC1. The molecule has 0 unspecified atom stereocenters. The second-order valence-corrected chi connectivity index (χ2v) is 5.93. The Morgan fingerprint density at radius 3 is 2.45 bits per heavy atom. The third-order valence-corrected chi connectivity index (χ3v) is 4.16. The predicted octanol–water partition coefficient (Wildman–Crippen LogP) is 0.977. The second kappa shape index (κ2) is 6.92. The smallest absolute Gasteiger partial charge is 0.317 e. The van der Waals surface area contributed by atoms with Gasteiger partial charge in [0.1, 0.15) is 0 Å². The Bertz CT molecular complexity index is 348. The maximum absolute atomic E-state index is 12.0. The number of amides is 2.